The number of likely N-dealkylation sites (tertiary alicyclic amines) is 1. The molecule has 1 aliphatic carbocycles. The van der Waals surface area contributed by atoms with Crippen molar-refractivity contribution in [2.24, 2.45) is 10.9 Å². The second kappa shape index (κ2) is 10.6. The monoisotopic (exact) mass is 444 g/mol. The molecule has 2 atom stereocenters. The van der Waals surface area contributed by atoms with Gasteiger partial charge in [-0.15, -0.1) is 24.0 Å². The summed E-state index contributed by atoms with van der Waals surface area (Å²) >= 11 is 0. The average Bonchev–Trinajstić information content (AvgIpc) is 3.19. The van der Waals surface area contributed by atoms with Crippen molar-refractivity contribution < 1.29 is 8.78 Å². The number of aliphatic imine (C=N–C) groups is 1. The standard InChI is InChI=1S/C16H30F2N4.HI/c1-3-5-12-10-14(12)21-16(19-4-2)20-13-6-8-22(9-7-13)11-15(17)18;/h12-15H,3-11H2,1-2H3,(H2,19,20,21);1H. The Kier molecular flexibility index (Phi) is 9.65. The molecule has 0 radical (unpaired) electrons. The van der Waals surface area contributed by atoms with Gasteiger partial charge in [-0.2, -0.15) is 0 Å². The molecule has 7 heteroatoms. The number of nitrogens with zero attached hydrogens (tertiary/aromatic N) is 2. The molecule has 2 aliphatic rings. The maximum absolute atomic E-state index is 12.4. The smallest absolute Gasteiger partial charge is 0.251 e. The van der Waals surface area contributed by atoms with Gasteiger partial charge >= 0.3 is 0 Å². The number of alkyl halides is 2. The molecule has 1 heterocycles. The number of hydrogen-bond acceptors (Lipinski definition) is 2. The van der Waals surface area contributed by atoms with Gasteiger partial charge in [0.25, 0.3) is 6.43 Å². The van der Waals surface area contributed by atoms with Gasteiger partial charge in [0.1, 0.15) is 0 Å². The van der Waals surface area contributed by atoms with Crippen molar-refractivity contribution in [1.29, 1.82) is 0 Å². The molecule has 0 spiro atoms. The van der Waals surface area contributed by atoms with E-state index >= 15 is 0 Å². The summed E-state index contributed by atoms with van der Waals surface area (Å²) in [6, 6.07) is 0.909. The van der Waals surface area contributed by atoms with E-state index in [-0.39, 0.29) is 30.5 Å². The molecule has 0 aromatic rings. The normalized spacial score (nSPS) is 26.0. The number of piperidine rings is 1. The molecule has 2 N–H and O–H groups in total. The molecule has 0 aromatic heterocycles. The van der Waals surface area contributed by atoms with Crippen LogP contribution in [-0.2, 0) is 0 Å². The van der Waals surface area contributed by atoms with Crippen LogP contribution in [0.4, 0.5) is 8.78 Å². The molecule has 1 aliphatic heterocycles. The number of guanidine groups is 1. The summed E-state index contributed by atoms with van der Waals surface area (Å²) in [4.78, 5) is 6.37. The lowest BCUT2D eigenvalue weighted by Gasteiger charge is -2.32. The van der Waals surface area contributed by atoms with Gasteiger partial charge in [0.15, 0.2) is 5.96 Å². The third kappa shape index (κ3) is 7.49. The first-order valence-corrected chi connectivity index (χ1v) is 8.70. The van der Waals surface area contributed by atoms with Crippen molar-refractivity contribution >= 4 is 29.9 Å². The van der Waals surface area contributed by atoms with E-state index in [1.807, 2.05) is 11.8 Å². The van der Waals surface area contributed by atoms with Gasteiger partial charge in [-0.3, -0.25) is 9.89 Å². The van der Waals surface area contributed by atoms with Gasteiger partial charge in [0.05, 0.1) is 6.54 Å². The van der Waals surface area contributed by atoms with Crippen molar-refractivity contribution in [3.05, 3.63) is 0 Å². The maximum Gasteiger partial charge on any atom is 0.251 e. The fourth-order valence-corrected chi connectivity index (χ4v) is 3.23. The highest BCUT2D eigenvalue weighted by atomic mass is 127. The molecule has 0 aromatic carbocycles. The molecule has 0 amide bonds. The van der Waals surface area contributed by atoms with Crippen LogP contribution >= 0.6 is 24.0 Å². The predicted molar refractivity (Wildman–Crippen MR) is 102 cm³/mol. The second-order valence-corrected chi connectivity index (χ2v) is 6.47. The van der Waals surface area contributed by atoms with Gasteiger partial charge in [-0.1, -0.05) is 13.3 Å². The van der Waals surface area contributed by atoms with Gasteiger partial charge < -0.3 is 10.6 Å². The molecule has 0 bridgehead atoms. The minimum Gasteiger partial charge on any atom is -0.354 e. The second-order valence-electron chi connectivity index (χ2n) is 6.47. The molecule has 23 heavy (non-hydrogen) atoms. The third-order valence-electron chi connectivity index (χ3n) is 4.55. The molecule has 2 unspecified atom stereocenters. The van der Waals surface area contributed by atoms with Crippen molar-refractivity contribution in [3.8, 4) is 0 Å². The summed E-state index contributed by atoms with van der Waals surface area (Å²) in [5.74, 6) is 1.69. The SMILES string of the molecule is CCCC1CC1NC(=NCC)NC1CCN(CC(F)F)CC1.I. The molecular formula is C16H31F2IN4. The van der Waals surface area contributed by atoms with Crippen LogP contribution in [-0.4, -0.2) is 55.5 Å². The highest BCUT2D eigenvalue weighted by Gasteiger charge is 2.37. The number of rotatable bonds is 7. The van der Waals surface area contributed by atoms with Gasteiger partial charge in [-0.05, 0) is 38.5 Å². The lowest BCUT2D eigenvalue weighted by atomic mass is 10.1. The topological polar surface area (TPSA) is 39.7 Å². The summed E-state index contributed by atoms with van der Waals surface area (Å²) < 4.78 is 24.8. The van der Waals surface area contributed by atoms with E-state index in [0.29, 0.717) is 12.1 Å². The molecule has 136 valence electrons. The molecule has 2 fully saturated rings. The number of halogens is 3. The Bertz CT molecular complexity index is 360. The quantitative estimate of drug-likeness (QED) is 0.360. The lowest BCUT2D eigenvalue weighted by molar-refractivity contribution is 0.0744. The van der Waals surface area contributed by atoms with Crippen molar-refractivity contribution in [2.45, 2.75) is 64.5 Å². The Labute approximate surface area is 155 Å². The first-order valence-electron chi connectivity index (χ1n) is 8.70. The van der Waals surface area contributed by atoms with Crippen LogP contribution in [0.2, 0.25) is 0 Å². The summed E-state index contributed by atoms with van der Waals surface area (Å²) in [6.45, 7) is 6.39. The van der Waals surface area contributed by atoms with Gasteiger partial charge in [0, 0.05) is 31.7 Å². The summed E-state index contributed by atoms with van der Waals surface area (Å²) in [5.41, 5.74) is 0. The Hall–Kier alpha value is -0.180. The number of hydrogen-bond donors (Lipinski definition) is 2. The van der Waals surface area contributed by atoms with E-state index in [1.54, 1.807) is 0 Å². The predicted octanol–water partition coefficient (Wildman–Crippen LogP) is 3.08. The van der Waals surface area contributed by atoms with Gasteiger partial charge in [0.2, 0.25) is 0 Å². The Morgan fingerprint density at radius 3 is 2.48 bits per heavy atom. The maximum atomic E-state index is 12.4. The van der Waals surface area contributed by atoms with Crippen molar-refractivity contribution in [2.75, 3.05) is 26.2 Å². The van der Waals surface area contributed by atoms with E-state index < -0.39 is 6.43 Å². The molecule has 1 saturated heterocycles. The van der Waals surface area contributed by atoms with Crippen LogP contribution in [0, 0.1) is 5.92 Å². The van der Waals surface area contributed by atoms with Gasteiger partial charge in [-0.25, -0.2) is 8.78 Å². The zero-order valence-corrected chi connectivity index (χ0v) is 16.6. The fourth-order valence-electron chi connectivity index (χ4n) is 3.23. The Balaban J connectivity index is 0.00000264. The van der Waals surface area contributed by atoms with Crippen LogP contribution in [0.3, 0.4) is 0 Å². The van der Waals surface area contributed by atoms with Crippen molar-refractivity contribution in [1.82, 2.24) is 15.5 Å². The molecule has 4 nitrogen and oxygen atoms in total. The molecular weight excluding hydrogens is 413 g/mol. The van der Waals surface area contributed by atoms with Crippen LogP contribution in [0.5, 0.6) is 0 Å². The van der Waals surface area contributed by atoms with Crippen molar-refractivity contribution in [3.63, 3.8) is 0 Å². The molecule has 2 rings (SSSR count). The minimum absolute atomic E-state index is 0. The zero-order valence-electron chi connectivity index (χ0n) is 14.2. The fraction of sp³-hybridized carbons (Fsp3) is 0.938. The summed E-state index contributed by atoms with van der Waals surface area (Å²) in [7, 11) is 0. The first kappa shape index (κ1) is 20.9. The van der Waals surface area contributed by atoms with E-state index in [1.165, 1.54) is 19.3 Å². The van der Waals surface area contributed by atoms with Crippen LogP contribution < -0.4 is 10.6 Å². The van der Waals surface area contributed by atoms with Crippen LogP contribution in [0.25, 0.3) is 0 Å². The average molecular weight is 444 g/mol. The summed E-state index contributed by atoms with van der Waals surface area (Å²) in [5, 5.41) is 7.01. The Morgan fingerprint density at radius 1 is 1.22 bits per heavy atom. The van der Waals surface area contributed by atoms with E-state index in [4.69, 9.17) is 0 Å². The van der Waals surface area contributed by atoms with Crippen LogP contribution in [0.15, 0.2) is 4.99 Å². The highest BCUT2D eigenvalue weighted by molar-refractivity contribution is 14.0. The third-order valence-corrected chi connectivity index (χ3v) is 4.55. The largest absolute Gasteiger partial charge is 0.354 e. The highest BCUT2D eigenvalue weighted by Crippen LogP contribution is 2.34. The zero-order chi connectivity index (χ0) is 15.9. The summed E-state index contributed by atoms with van der Waals surface area (Å²) in [6.07, 6.45) is 3.34. The molecule has 1 saturated carbocycles. The minimum atomic E-state index is -2.23. The lowest BCUT2D eigenvalue weighted by Crippen LogP contribution is -2.50. The Morgan fingerprint density at radius 2 is 1.91 bits per heavy atom. The van der Waals surface area contributed by atoms with E-state index in [0.717, 1.165) is 44.4 Å². The van der Waals surface area contributed by atoms with Crippen LogP contribution in [0.1, 0.15) is 46.0 Å². The first-order chi connectivity index (χ1) is 10.6. The van der Waals surface area contributed by atoms with E-state index in [9.17, 15) is 8.78 Å². The number of nitrogens with one attached hydrogen (secondary N) is 2. The van der Waals surface area contributed by atoms with E-state index in [2.05, 4.69) is 22.5 Å².